The van der Waals surface area contributed by atoms with Crippen LogP contribution >= 0.6 is 11.8 Å². The number of hydrogen-bond acceptors (Lipinski definition) is 4. The molecule has 6 heteroatoms. The van der Waals surface area contributed by atoms with Crippen LogP contribution in [0.5, 0.6) is 0 Å². The van der Waals surface area contributed by atoms with Crippen LogP contribution in [0.15, 0.2) is 0 Å². The van der Waals surface area contributed by atoms with Crippen molar-refractivity contribution in [2.75, 3.05) is 18.1 Å². The van der Waals surface area contributed by atoms with Gasteiger partial charge in [-0.15, -0.1) is 0 Å². The van der Waals surface area contributed by atoms with E-state index in [0.29, 0.717) is 12.6 Å². The normalized spacial score (nSPS) is 19.1. The van der Waals surface area contributed by atoms with E-state index in [1.54, 1.807) is 0 Å². The third-order valence-corrected chi connectivity index (χ3v) is 3.56. The minimum atomic E-state index is -0.993. The molecule has 0 radical (unpaired) electrons. The van der Waals surface area contributed by atoms with Gasteiger partial charge in [-0.2, -0.15) is 11.8 Å². The molecule has 0 aromatic carbocycles. The Hall–Kier alpha value is -0.750. The van der Waals surface area contributed by atoms with Crippen LogP contribution in [0.25, 0.3) is 0 Å². The van der Waals surface area contributed by atoms with Crippen LogP contribution in [-0.4, -0.2) is 47.1 Å². The number of thioether (sulfide) groups is 1. The van der Waals surface area contributed by atoms with Crippen LogP contribution in [0.2, 0.25) is 0 Å². The van der Waals surface area contributed by atoms with Gasteiger partial charge in [-0.1, -0.05) is 0 Å². The average Bonchev–Trinajstić information content (AvgIpc) is 2.25. The van der Waals surface area contributed by atoms with Crippen molar-refractivity contribution in [3.8, 4) is 0 Å². The number of carboxylic acid groups (broad SMARTS) is 1. The van der Waals surface area contributed by atoms with Crippen LogP contribution in [-0.2, 0) is 9.59 Å². The number of carboxylic acids is 1. The molecule has 1 rings (SSSR count). The number of hydrogen-bond donors (Lipinski definition) is 3. The first-order chi connectivity index (χ1) is 7.59. The molecule has 0 aromatic rings. The molecule has 1 amide bonds. The molecule has 1 atom stereocenters. The lowest BCUT2D eigenvalue weighted by atomic mass is 10.1. The Bertz CT molecular complexity index is 254. The molecular weight excluding hydrogens is 228 g/mol. The molecule has 1 aliphatic heterocycles. The van der Waals surface area contributed by atoms with Crippen LogP contribution < -0.4 is 10.6 Å². The van der Waals surface area contributed by atoms with Crippen molar-refractivity contribution in [3.05, 3.63) is 0 Å². The standard InChI is InChI=1S/C10H18N2O3S/c1-7(13)12-9(10(14)15)6-11-8-2-4-16-5-3-8/h8-9,11H,2-6H2,1H3,(H,12,13)(H,14,15). The summed E-state index contributed by atoms with van der Waals surface area (Å²) in [7, 11) is 0. The van der Waals surface area contributed by atoms with E-state index in [0.717, 1.165) is 24.3 Å². The van der Waals surface area contributed by atoms with Gasteiger partial charge in [-0.05, 0) is 24.3 Å². The molecule has 3 N–H and O–H groups in total. The van der Waals surface area contributed by atoms with Gasteiger partial charge in [0.25, 0.3) is 0 Å². The summed E-state index contributed by atoms with van der Waals surface area (Å²) in [6.07, 6.45) is 2.13. The second-order valence-electron chi connectivity index (χ2n) is 3.89. The molecule has 0 bridgehead atoms. The second kappa shape index (κ2) is 6.75. The van der Waals surface area contributed by atoms with Crippen molar-refractivity contribution in [1.82, 2.24) is 10.6 Å². The second-order valence-corrected chi connectivity index (χ2v) is 5.11. The third kappa shape index (κ3) is 4.85. The van der Waals surface area contributed by atoms with Crippen LogP contribution in [0.4, 0.5) is 0 Å². The molecule has 0 saturated carbocycles. The largest absolute Gasteiger partial charge is 0.480 e. The summed E-state index contributed by atoms with van der Waals surface area (Å²) in [5, 5.41) is 14.5. The lowest BCUT2D eigenvalue weighted by Crippen LogP contribution is -2.49. The van der Waals surface area contributed by atoms with E-state index in [4.69, 9.17) is 5.11 Å². The maximum atomic E-state index is 10.8. The zero-order valence-corrected chi connectivity index (χ0v) is 10.2. The van der Waals surface area contributed by atoms with Gasteiger partial charge in [0.15, 0.2) is 0 Å². The zero-order chi connectivity index (χ0) is 12.0. The molecule has 0 aliphatic carbocycles. The van der Waals surface area contributed by atoms with E-state index in [1.165, 1.54) is 6.92 Å². The Balaban J connectivity index is 2.30. The molecule has 1 aliphatic rings. The number of carbonyl (C=O) groups is 2. The highest BCUT2D eigenvalue weighted by Gasteiger charge is 2.20. The molecule has 92 valence electrons. The highest BCUT2D eigenvalue weighted by atomic mass is 32.2. The number of aliphatic carboxylic acids is 1. The van der Waals surface area contributed by atoms with E-state index in [1.807, 2.05) is 11.8 Å². The number of amides is 1. The third-order valence-electron chi connectivity index (χ3n) is 2.51. The summed E-state index contributed by atoms with van der Waals surface area (Å²) in [5.41, 5.74) is 0. The fraction of sp³-hybridized carbons (Fsp3) is 0.800. The van der Waals surface area contributed by atoms with Crippen molar-refractivity contribution in [2.45, 2.75) is 31.8 Å². The predicted octanol–water partition coefficient (Wildman–Crippen LogP) is 0.0609. The van der Waals surface area contributed by atoms with Gasteiger partial charge in [0.1, 0.15) is 6.04 Å². The quantitative estimate of drug-likeness (QED) is 0.639. The molecule has 1 heterocycles. The molecule has 0 aromatic heterocycles. The summed E-state index contributed by atoms with van der Waals surface area (Å²) in [4.78, 5) is 21.7. The van der Waals surface area contributed by atoms with Crippen molar-refractivity contribution in [1.29, 1.82) is 0 Å². The topological polar surface area (TPSA) is 78.4 Å². The Kier molecular flexibility index (Phi) is 5.62. The summed E-state index contributed by atoms with van der Waals surface area (Å²) in [6.45, 7) is 1.62. The maximum Gasteiger partial charge on any atom is 0.327 e. The van der Waals surface area contributed by atoms with Crippen molar-refractivity contribution in [2.24, 2.45) is 0 Å². The van der Waals surface area contributed by atoms with E-state index in [9.17, 15) is 9.59 Å². The summed E-state index contributed by atoms with van der Waals surface area (Å²) < 4.78 is 0. The summed E-state index contributed by atoms with van der Waals surface area (Å²) in [5.74, 6) is 0.937. The molecule has 0 spiro atoms. The van der Waals surface area contributed by atoms with Gasteiger partial charge in [-0.25, -0.2) is 4.79 Å². The Morgan fingerprint density at radius 2 is 2.06 bits per heavy atom. The molecule has 16 heavy (non-hydrogen) atoms. The Morgan fingerprint density at radius 3 is 2.56 bits per heavy atom. The SMILES string of the molecule is CC(=O)NC(CNC1CCSCC1)C(=O)O. The monoisotopic (exact) mass is 246 g/mol. The molecule has 1 unspecified atom stereocenters. The van der Waals surface area contributed by atoms with Crippen molar-refractivity contribution >= 4 is 23.6 Å². The minimum Gasteiger partial charge on any atom is -0.480 e. The lowest BCUT2D eigenvalue weighted by Gasteiger charge is -2.24. The first-order valence-electron chi connectivity index (χ1n) is 5.40. The van der Waals surface area contributed by atoms with Gasteiger partial charge >= 0.3 is 5.97 Å². The van der Waals surface area contributed by atoms with Crippen LogP contribution in [0.3, 0.4) is 0 Å². The van der Waals surface area contributed by atoms with Gasteiger partial charge in [0.05, 0.1) is 0 Å². The van der Waals surface area contributed by atoms with Crippen LogP contribution in [0.1, 0.15) is 19.8 Å². The minimum absolute atomic E-state index is 0.296. The summed E-state index contributed by atoms with van der Waals surface area (Å²) >= 11 is 1.92. The highest BCUT2D eigenvalue weighted by Crippen LogP contribution is 2.16. The number of carbonyl (C=O) groups excluding carboxylic acids is 1. The molecule has 1 fully saturated rings. The Labute approximate surface area is 99.4 Å². The van der Waals surface area contributed by atoms with Gasteiger partial charge in [0, 0.05) is 19.5 Å². The van der Waals surface area contributed by atoms with E-state index >= 15 is 0 Å². The fourth-order valence-electron chi connectivity index (χ4n) is 1.63. The first-order valence-corrected chi connectivity index (χ1v) is 6.56. The van der Waals surface area contributed by atoms with Crippen molar-refractivity contribution in [3.63, 3.8) is 0 Å². The Morgan fingerprint density at radius 1 is 1.44 bits per heavy atom. The summed E-state index contributed by atoms with van der Waals surface area (Å²) in [6, 6.07) is -0.441. The fourth-order valence-corrected chi connectivity index (χ4v) is 2.74. The van der Waals surface area contributed by atoms with Gasteiger partial charge in [-0.3, -0.25) is 4.79 Å². The smallest absolute Gasteiger partial charge is 0.327 e. The number of nitrogens with one attached hydrogen (secondary N) is 2. The van der Waals surface area contributed by atoms with Gasteiger partial charge < -0.3 is 15.7 Å². The first kappa shape index (κ1) is 13.3. The molecule has 5 nitrogen and oxygen atoms in total. The van der Waals surface area contributed by atoms with E-state index < -0.39 is 12.0 Å². The average molecular weight is 246 g/mol. The highest BCUT2D eigenvalue weighted by molar-refractivity contribution is 7.99. The lowest BCUT2D eigenvalue weighted by molar-refractivity contribution is -0.141. The van der Waals surface area contributed by atoms with Crippen molar-refractivity contribution < 1.29 is 14.7 Å². The van der Waals surface area contributed by atoms with Crippen LogP contribution in [0, 0.1) is 0 Å². The molecule has 1 saturated heterocycles. The van der Waals surface area contributed by atoms with E-state index in [2.05, 4.69) is 10.6 Å². The zero-order valence-electron chi connectivity index (χ0n) is 9.36. The van der Waals surface area contributed by atoms with Gasteiger partial charge in [0.2, 0.25) is 5.91 Å². The maximum absolute atomic E-state index is 10.8. The number of rotatable bonds is 5. The van der Waals surface area contributed by atoms with E-state index in [-0.39, 0.29) is 5.91 Å². The predicted molar refractivity (Wildman–Crippen MR) is 63.6 cm³/mol. The molecular formula is C10H18N2O3S.